The van der Waals surface area contributed by atoms with Crippen molar-refractivity contribution in [2.45, 2.75) is 46.5 Å². The van der Waals surface area contributed by atoms with Gasteiger partial charge in [0.15, 0.2) is 0 Å². The lowest BCUT2D eigenvalue weighted by Gasteiger charge is -2.17. The number of carbonyl (C=O) groups is 2. The van der Waals surface area contributed by atoms with Gasteiger partial charge in [0, 0.05) is 37.6 Å². The highest BCUT2D eigenvalue weighted by Gasteiger charge is 2.23. The van der Waals surface area contributed by atoms with Gasteiger partial charge in [0.2, 0.25) is 5.91 Å². The van der Waals surface area contributed by atoms with Gasteiger partial charge in [-0.25, -0.2) is 9.97 Å². The first kappa shape index (κ1) is 23.2. The molecule has 9 nitrogen and oxygen atoms in total. The summed E-state index contributed by atoms with van der Waals surface area (Å²) in [5.41, 5.74) is 6.52. The smallest absolute Gasteiger partial charge is 0.332 e. The summed E-state index contributed by atoms with van der Waals surface area (Å²) in [4.78, 5) is 31.9. The fraction of sp³-hybridized carbons (Fsp3) is 0.647. The van der Waals surface area contributed by atoms with Crippen molar-refractivity contribution in [1.29, 1.82) is 0 Å². The average molecular weight is 400 g/mol. The van der Waals surface area contributed by atoms with Gasteiger partial charge in [0.05, 0.1) is 19.4 Å². The number of nitrogens with zero attached hydrogens (tertiary/aromatic N) is 2. The third kappa shape index (κ3) is 9.08. The molecule has 3 N–H and O–H groups in total. The fourth-order valence-electron chi connectivity index (χ4n) is 2.34. The highest BCUT2D eigenvalue weighted by atomic mass is 31.2. The number of aromatic nitrogens is 2. The second-order valence-electron chi connectivity index (χ2n) is 5.89. The average Bonchev–Trinajstić information content (AvgIpc) is 2.59. The Morgan fingerprint density at radius 3 is 2.44 bits per heavy atom. The second-order valence-corrected chi connectivity index (χ2v) is 8.07. The summed E-state index contributed by atoms with van der Waals surface area (Å²) in [6, 6.07) is 0. The minimum absolute atomic E-state index is 0.0422. The Bertz CT molecular complexity index is 673. The van der Waals surface area contributed by atoms with Gasteiger partial charge in [-0.15, -0.1) is 0 Å². The Morgan fingerprint density at radius 2 is 1.85 bits per heavy atom. The molecule has 0 aliphatic heterocycles. The number of carbonyl (C=O) groups excluding carboxylic acids is 2. The summed E-state index contributed by atoms with van der Waals surface area (Å²) in [6.45, 7) is 5.91. The lowest BCUT2D eigenvalue weighted by atomic mass is 10.1. The standard InChI is InChI=1S/C17H29N4O5P/c1-4-25-27(24,26-5-2)11-10-19-16(23)9-8-15(22)7-6-14-12-20-13(3)21-17(14)18/h12H,4-11H2,1-3H3,(H,19,23)(H2,18,20,21). The highest BCUT2D eigenvalue weighted by molar-refractivity contribution is 7.53. The van der Waals surface area contributed by atoms with Crippen LogP contribution in [-0.4, -0.2) is 47.6 Å². The Morgan fingerprint density at radius 1 is 1.19 bits per heavy atom. The van der Waals surface area contributed by atoms with Crippen LogP contribution in [0.25, 0.3) is 0 Å². The zero-order valence-electron chi connectivity index (χ0n) is 16.2. The molecule has 1 aromatic rings. The Kier molecular flexibility index (Phi) is 10.1. The van der Waals surface area contributed by atoms with Crippen LogP contribution in [0.1, 0.15) is 44.5 Å². The molecule has 0 saturated heterocycles. The van der Waals surface area contributed by atoms with Crippen LogP contribution in [0.2, 0.25) is 0 Å². The van der Waals surface area contributed by atoms with Crippen molar-refractivity contribution >= 4 is 25.1 Å². The third-order valence-electron chi connectivity index (χ3n) is 3.68. The number of anilines is 1. The molecule has 0 bridgehead atoms. The number of hydrogen-bond acceptors (Lipinski definition) is 8. The monoisotopic (exact) mass is 400 g/mol. The number of Topliss-reactive ketones (excluding diaryl/α,β-unsaturated/α-hetero) is 1. The van der Waals surface area contributed by atoms with Gasteiger partial charge in [-0.3, -0.25) is 14.2 Å². The van der Waals surface area contributed by atoms with Crippen LogP contribution in [0.3, 0.4) is 0 Å². The quantitative estimate of drug-likeness (QED) is 0.481. The Hall–Kier alpha value is -1.83. The number of ketones is 1. The Balaban J connectivity index is 2.29. The normalized spacial score (nSPS) is 11.4. The van der Waals surface area contributed by atoms with Gasteiger partial charge in [-0.05, 0) is 27.2 Å². The van der Waals surface area contributed by atoms with Crippen LogP contribution in [0.4, 0.5) is 5.82 Å². The van der Waals surface area contributed by atoms with E-state index in [1.165, 1.54) is 0 Å². The SMILES string of the molecule is CCOP(=O)(CCNC(=O)CCC(=O)CCc1cnc(C)nc1N)OCC. The molecule has 0 aliphatic rings. The molecule has 0 fully saturated rings. The highest BCUT2D eigenvalue weighted by Crippen LogP contribution is 2.47. The molecule has 0 atom stereocenters. The topological polar surface area (TPSA) is 134 Å². The van der Waals surface area contributed by atoms with E-state index >= 15 is 0 Å². The van der Waals surface area contributed by atoms with Crippen LogP contribution < -0.4 is 11.1 Å². The molecule has 1 aromatic heterocycles. The number of nitrogens with one attached hydrogen (secondary N) is 1. The molecule has 0 spiro atoms. The predicted octanol–water partition coefficient (Wildman–Crippen LogP) is 2.03. The molecular weight excluding hydrogens is 371 g/mol. The maximum absolute atomic E-state index is 12.3. The third-order valence-corrected chi connectivity index (χ3v) is 5.76. The number of aryl methyl sites for hydroxylation is 2. The van der Waals surface area contributed by atoms with E-state index in [1.54, 1.807) is 27.0 Å². The molecule has 152 valence electrons. The van der Waals surface area contributed by atoms with Crippen LogP contribution >= 0.6 is 7.60 Å². The van der Waals surface area contributed by atoms with Gasteiger partial charge >= 0.3 is 7.60 Å². The van der Waals surface area contributed by atoms with E-state index in [4.69, 9.17) is 14.8 Å². The first-order valence-electron chi connectivity index (χ1n) is 9.04. The van der Waals surface area contributed by atoms with E-state index in [0.717, 1.165) is 5.56 Å². The number of amides is 1. The first-order chi connectivity index (χ1) is 12.8. The molecule has 27 heavy (non-hydrogen) atoms. The van der Waals surface area contributed by atoms with Gasteiger partial charge in [-0.2, -0.15) is 0 Å². The summed E-state index contributed by atoms with van der Waals surface area (Å²) in [5.74, 6) is 0.638. The molecule has 1 heterocycles. The molecule has 1 amide bonds. The minimum Gasteiger partial charge on any atom is -0.383 e. The fourth-order valence-corrected chi connectivity index (χ4v) is 3.84. The summed E-state index contributed by atoms with van der Waals surface area (Å²) >= 11 is 0. The van der Waals surface area contributed by atoms with Crippen molar-refractivity contribution in [2.24, 2.45) is 0 Å². The van der Waals surface area contributed by atoms with Gasteiger partial charge in [0.25, 0.3) is 0 Å². The molecular formula is C17H29N4O5P. The van der Waals surface area contributed by atoms with Gasteiger partial charge in [0.1, 0.15) is 17.4 Å². The molecule has 0 unspecified atom stereocenters. The number of hydrogen-bond donors (Lipinski definition) is 2. The van der Waals surface area contributed by atoms with Crippen molar-refractivity contribution in [3.05, 3.63) is 17.6 Å². The summed E-state index contributed by atoms with van der Waals surface area (Å²) in [5, 5.41) is 2.64. The van der Waals surface area contributed by atoms with Crippen LogP contribution in [0.5, 0.6) is 0 Å². The van der Waals surface area contributed by atoms with E-state index < -0.39 is 7.60 Å². The lowest BCUT2D eigenvalue weighted by Crippen LogP contribution is -2.27. The lowest BCUT2D eigenvalue weighted by molar-refractivity contribution is -0.125. The van der Waals surface area contributed by atoms with Crippen LogP contribution in [-0.2, 0) is 29.6 Å². The van der Waals surface area contributed by atoms with E-state index in [1.807, 2.05) is 0 Å². The zero-order valence-corrected chi connectivity index (χ0v) is 17.1. The van der Waals surface area contributed by atoms with E-state index in [2.05, 4.69) is 15.3 Å². The first-order valence-corrected chi connectivity index (χ1v) is 10.8. The van der Waals surface area contributed by atoms with E-state index in [9.17, 15) is 14.2 Å². The predicted molar refractivity (Wildman–Crippen MR) is 102 cm³/mol. The van der Waals surface area contributed by atoms with Crippen LogP contribution in [0, 0.1) is 6.92 Å². The second kappa shape index (κ2) is 11.8. The zero-order chi connectivity index (χ0) is 20.3. The van der Waals surface area contributed by atoms with Gasteiger partial charge < -0.3 is 20.1 Å². The molecule has 0 radical (unpaired) electrons. The van der Waals surface area contributed by atoms with Crippen LogP contribution in [0.15, 0.2) is 6.20 Å². The molecule has 0 aromatic carbocycles. The van der Waals surface area contributed by atoms with Crippen molar-refractivity contribution < 1.29 is 23.2 Å². The summed E-state index contributed by atoms with van der Waals surface area (Å²) in [6.07, 6.45) is 2.64. The summed E-state index contributed by atoms with van der Waals surface area (Å²) in [7, 11) is -3.17. The molecule has 0 aliphatic carbocycles. The largest absolute Gasteiger partial charge is 0.383 e. The van der Waals surface area contributed by atoms with Crippen molar-refractivity contribution in [3.8, 4) is 0 Å². The van der Waals surface area contributed by atoms with E-state index in [0.29, 0.717) is 18.1 Å². The number of rotatable bonds is 13. The minimum atomic E-state index is -3.17. The maximum Gasteiger partial charge on any atom is 0.332 e. The van der Waals surface area contributed by atoms with Crippen molar-refractivity contribution in [2.75, 3.05) is 31.7 Å². The maximum atomic E-state index is 12.3. The molecule has 1 rings (SSSR count). The molecule has 10 heteroatoms. The van der Waals surface area contributed by atoms with E-state index in [-0.39, 0.29) is 56.9 Å². The molecule has 0 saturated carbocycles. The van der Waals surface area contributed by atoms with Crippen molar-refractivity contribution in [1.82, 2.24) is 15.3 Å². The summed E-state index contributed by atoms with van der Waals surface area (Å²) < 4.78 is 22.6. The number of nitrogen functional groups attached to an aromatic ring is 1. The van der Waals surface area contributed by atoms with Crippen molar-refractivity contribution in [3.63, 3.8) is 0 Å². The Labute approximate surface area is 160 Å². The van der Waals surface area contributed by atoms with Gasteiger partial charge in [-0.1, -0.05) is 0 Å². The number of nitrogens with two attached hydrogens (primary N) is 1.